The lowest BCUT2D eigenvalue weighted by Crippen LogP contribution is -2.46. The van der Waals surface area contributed by atoms with Crippen LogP contribution < -0.4 is 10.6 Å². The number of hydrogen-bond acceptors (Lipinski definition) is 4. The molecule has 3 rings (SSSR count). The van der Waals surface area contributed by atoms with Crippen LogP contribution in [0.3, 0.4) is 0 Å². The van der Waals surface area contributed by atoms with Gasteiger partial charge >= 0.3 is 0 Å². The Kier molecular flexibility index (Phi) is 5.45. The third kappa shape index (κ3) is 4.12. The van der Waals surface area contributed by atoms with Crippen LogP contribution in [0.1, 0.15) is 41.7 Å². The van der Waals surface area contributed by atoms with Gasteiger partial charge < -0.3 is 15.5 Å². The Morgan fingerprint density at radius 3 is 2.92 bits per heavy atom. The van der Waals surface area contributed by atoms with Gasteiger partial charge in [-0.1, -0.05) is 0 Å². The van der Waals surface area contributed by atoms with Crippen molar-refractivity contribution in [2.24, 2.45) is 5.92 Å². The number of pyridine rings is 1. The van der Waals surface area contributed by atoms with Crippen molar-refractivity contribution >= 4 is 11.8 Å². The van der Waals surface area contributed by atoms with Gasteiger partial charge in [0.2, 0.25) is 5.91 Å². The van der Waals surface area contributed by atoms with Crippen molar-refractivity contribution in [3.63, 3.8) is 0 Å². The molecule has 1 aromatic rings. The molecule has 3 heterocycles. The van der Waals surface area contributed by atoms with Crippen molar-refractivity contribution in [3.8, 4) is 0 Å². The molecule has 6 nitrogen and oxygen atoms in total. The molecule has 0 aromatic carbocycles. The molecule has 2 saturated heterocycles. The Morgan fingerprint density at radius 2 is 2.21 bits per heavy atom. The number of aryl methyl sites for hydroxylation is 1. The quantitative estimate of drug-likeness (QED) is 0.867. The van der Waals surface area contributed by atoms with Gasteiger partial charge in [0.1, 0.15) is 0 Å². The first-order valence-corrected chi connectivity index (χ1v) is 8.86. The Morgan fingerprint density at radius 1 is 1.33 bits per heavy atom. The molecule has 1 aromatic heterocycles. The molecule has 0 radical (unpaired) electrons. The molecular formula is C18H26N4O2. The summed E-state index contributed by atoms with van der Waals surface area (Å²) in [4.78, 5) is 30.8. The maximum Gasteiger partial charge on any atom is 0.255 e. The standard InChI is InChI=1S/C18H26N4O2/c1-13-6-7-15(11-20-13)18(24)22-9-3-4-14(12-22)10-21-17(23)16-5-2-8-19-16/h6-7,11,14,16,19H,2-5,8-10,12H2,1H3,(H,21,23). The van der Waals surface area contributed by atoms with E-state index in [4.69, 9.17) is 0 Å². The summed E-state index contributed by atoms with van der Waals surface area (Å²) in [5, 5.41) is 6.26. The van der Waals surface area contributed by atoms with E-state index in [1.807, 2.05) is 24.0 Å². The molecule has 2 unspecified atom stereocenters. The monoisotopic (exact) mass is 330 g/mol. The van der Waals surface area contributed by atoms with Crippen LogP contribution >= 0.6 is 0 Å². The Hall–Kier alpha value is -1.95. The third-order valence-electron chi connectivity index (χ3n) is 4.91. The lowest BCUT2D eigenvalue weighted by molar-refractivity contribution is -0.123. The SMILES string of the molecule is Cc1ccc(C(=O)N2CCCC(CNC(=O)C3CCCN3)C2)cn1. The van der Waals surface area contributed by atoms with E-state index in [1.54, 1.807) is 6.20 Å². The van der Waals surface area contributed by atoms with Gasteiger partial charge in [-0.05, 0) is 57.2 Å². The van der Waals surface area contributed by atoms with Gasteiger partial charge in [-0.25, -0.2) is 0 Å². The van der Waals surface area contributed by atoms with Crippen molar-refractivity contribution in [1.82, 2.24) is 20.5 Å². The second-order valence-corrected chi connectivity index (χ2v) is 6.84. The summed E-state index contributed by atoms with van der Waals surface area (Å²) in [5.41, 5.74) is 1.55. The van der Waals surface area contributed by atoms with Crippen LogP contribution in [0, 0.1) is 12.8 Å². The average Bonchev–Trinajstić information content (AvgIpc) is 3.15. The van der Waals surface area contributed by atoms with E-state index in [1.165, 1.54) is 0 Å². The van der Waals surface area contributed by atoms with Gasteiger partial charge in [-0.2, -0.15) is 0 Å². The first-order valence-electron chi connectivity index (χ1n) is 8.86. The molecule has 0 aliphatic carbocycles. The van der Waals surface area contributed by atoms with Crippen LogP contribution in [0.15, 0.2) is 18.3 Å². The van der Waals surface area contributed by atoms with E-state index in [9.17, 15) is 9.59 Å². The lowest BCUT2D eigenvalue weighted by atomic mass is 9.97. The molecule has 6 heteroatoms. The largest absolute Gasteiger partial charge is 0.354 e. The van der Waals surface area contributed by atoms with Gasteiger partial charge in [0, 0.05) is 31.5 Å². The number of likely N-dealkylation sites (tertiary alicyclic amines) is 1. The van der Waals surface area contributed by atoms with E-state index in [0.717, 1.165) is 44.5 Å². The van der Waals surface area contributed by atoms with Crippen LogP contribution in [0.4, 0.5) is 0 Å². The number of carbonyl (C=O) groups is 2. The molecule has 2 atom stereocenters. The van der Waals surface area contributed by atoms with Gasteiger partial charge in [0.25, 0.3) is 5.91 Å². The van der Waals surface area contributed by atoms with E-state index >= 15 is 0 Å². The first-order chi connectivity index (χ1) is 11.6. The summed E-state index contributed by atoms with van der Waals surface area (Å²) >= 11 is 0. The molecular weight excluding hydrogens is 304 g/mol. The topological polar surface area (TPSA) is 74.3 Å². The van der Waals surface area contributed by atoms with E-state index in [0.29, 0.717) is 24.6 Å². The highest BCUT2D eigenvalue weighted by Crippen LogP contribution is 2.18. The van der Waals surface area contributed by atoms with E-state index in [-0.39, 0.29) is 17.9 Å². The molecule has 2 aliphatic heterocycles. The van der Waals surface area contributed by atoms with Crippen LogP contribution in [-0.4, -0.2) is 53.9 Å². The highest BCUT2D eigenvalue weighted by Gasteiger charge is 2.26. The highest BCUT2D eigenvalue weighted by atomic mass is 16.2. The summed E-state index contributed by atoms with van der Waals surface area (Å²) in [6.07, 6.45) is 5.66. The lowest BCUT2D eigenvalue weighted by Gasteiger charge is -2.33. The fourth-order valence-electron chi connectivity index (χ4n) is 3.47. The highest BCUT2D eigenvalue weighted by molar-refractivity contribution is 5.94. The summed E-state index contributed by atoms with van der Waals surface area (Å²) in [5.74, 6) is 0.459. The minimum Gasteiger partial charge on any atom is -0.354 e. The normalized spacial score (nSPS) is 24.0. The number of nitrogens with one attached hydrogen (secondary N) is 2. The van der Waals surface area contributed by atoms with Crippen LogP contribution in [-0.2, 0) is 4.79 Å². The summed E-state index contributed by atoms with van der Waals surface area (Å²) < 4.78 is 0. The molecule has 2 amide bonds. The zero-order valence-corrected chi connectivity index (χ0v) is 14.3. The molecule has 24 heavy (non-hydrogen) atoms. The van der Waals surface area contributed by atoms with E-state index in [2.05, 4.69) is 15.6 Å². The molecule has 2 N–H and O–H groups in total. The summed E-state index contributed by atoms with van der Waals surface area (Å²) in [7, 11) is 0. The molecule has 0 spiro atoms. The summed E-state index contributed by atoms with van der Waals surface area (Å²) in [6, 6.07) is 3.66. The van der Waals surface area contributed by atoms with Crippen molar-refractivity contribution < 1.29 is 9.59 Å². The number of aromatic nitrogens is 1. The van der Waals surface area contributed by atoms with E-state index < -0.39 is 0 Å². The Balaban J connectivity index is 1.51. The maximum atomic E-state index is 12.6. The zero-order valence-electron chi connectivity index (χ0n) is 14.3. The van der Waals surface area contributed by atoms with Crippen LogP contribution in [0.5, 0.6) is 0 Å². The third-order valence-corrected chi connectivity index (χ3v) is 4.91. The fraction of sp³-hybridized carbons (Fsp3) is 0.611. The molecule has 2 fully saturated rings. The van der Waals surface area contributed by atoms with Crippen molar-refractivity contribution in [2.45, 2.75) is 38.6 Å². The average molecular weight is 330 g/mol. The zero-order chi connectivity index (χ0) is 16.9. The Bertz CT molecular complexity index is 581. The second kappa shape index (κ2) is 7.75. The van der Waals surface area contributed by atoms with Gasteiger partial charge in [0.05, 0.1) is 11.6 Å². The number of nitrogens with zero attached hydrogens (tertiary/aromatic N) is 2. The maximum absolute atomic E-state index is 12.6. The number of carbonyl (C=O) groups excluding carboxylic acids is 2. The van der Waals surface area contributed by atoms with Gasteiger partial charge in [0.15, 0.2) is 0 Å². The number of amides is 2. The Labute approximate surface area is 143 Å². The fourth-order valence-corrected chi connectivity index (χ4v) is 3.47. The van der Waals surface area contributed by atoms with Gasteiger partial charge in [-0.3, -0.25) is 14.6 Å². The van der Waals surface area contributed by atoms with Crippen LogP contribution in [0.2, 0.25) is 0 Å². The first kappa shape index (κ1) is 16.9. The van der Waals surface area contributed by atoms with Crippen molar-refractivity contribution in [3.05, 3.63) is 29.6 Å². The van der Waals surface area contributed by atoms with Crippen molar-refractivity contribution in [1.29, 1.82) is 0 Å². The molecule has 0 bridgehead atoms. The molecule has 130 valence electrons. The minimum absolute atomic E-state index is 0.0371. The van der Waals surface area contributed by atoms with Crippen LogP contribution in [0.25, 0.3) is 0 Å². The predicted octanol–water partition coefficient (Wildman–Crippen LogP) is 1.11. The molecule has 0 saturated carbocycles. The number of rotatable bonds is 4. The number of hydrogen-bond donors (Lipinski definition) is 2. The van der Waals surface area contributed by atoms with Gasteiger partial charge in [-0.15, -0.1) is 0 Å². The van der Waals surface area contributed by atoms with Crippen molar-refractivity contribution in [2.75, 3.05) is 26.2 Å². The minimum atomic E-state index is -0.0371. The predicted molar refractivity (Wildman–Crippen MR) is 91.6 cm³/mol. The summed E-state index contributed by atoms with van der Waals surface area (Å²) in [6.45, 7) is 4.96. The number of piperidine rings is 1. The molecule has 2 aliphatic rings. The smallest absolute Gasteiger partial charge is 0.255 e. The second-order valence-electron chi connectivity index (χ2n) is 6.84.